The molecule has 2 saturated heterocycles. The number of ether oxygens (including phenoxy) is 1. The summed E-state index contributed by atoms with van der Waals surface area (Å²) >= 11 is 0. The average molecular weight is 229 g/mol. The number of rotatable bonds is 0. The predicted molar refractivity (Wildman–Crippen MR) is 53.7 cm³/mol. The van der Waals surface area contributed by atoms with E-state index in [1.807, 2.05) is 0 Å². The molecular weight excluding hydrogens is 215 g/mol. The number of amides is 1. The maximum Gasteiger partial charge on any atom is 0.246 e. The Morgan fingerprint density at radius 3 is 2.54 bits per heavy atom. The van der Waals surface area contributed by atoms with Gasteiger partial charge < -0.3 is 15.4 Å². The van der Waals surface area contributed by atoms with Crippen molar-refractivity contribution in [1.29, 1.82) is 0 Å². The highest BCUT2D eigenvalue weighted by molar-refractivity contribution is 5.85. The van der Waals surface area contributed by atoms with Gasteiger partial charge in [-0.3, -0.25) is 4.79 Å². The summed E-state index contributed by atoms with van der Waals surface area (Å²) in [5.74, 6) is 0.0176. The lowest BCUT2D eigenvalue weighted by Gasteiger charge is -2.41. The number of hydrogen-bond acceptors (Lipinski definition) is 3. The van der Waals surface area contributed by atoms with E-state index < -0.39 is 0 Å². The third kappa shape index (κ3) is 2.71. The van der Waals surface area contributed by atoms with Crippen LogP contribution in [0.4, 0.5) is 0 Å². The number of carbonyl (C=O) groups excluding carboxylic acids is 1. The number of hydrogen-bond donors (Lipinski definition) is 2. The molecule has 2 N–H and O–H groups in total. The van der Waals surface area contributed by atoms with Crippen molar-refractivity contribution in [3.8, 4) is 0 Å². The van der Waals surface area contributed by atoms with E-state index in [9.17, 15) is 4.79 Å². The summed E-state index contributed by atoms with van der Waals surface area (Å²) in [6, 6.07) is 0. The fraction of sp³-hybridized carbons (Fsp3) is 0.857. The smallest absolute Gasteiger partial charge is 0.246 e. The van der Waals surface area contributed by atoms with Crippen molar-refractivity contribution in [2.75, 3.05) is 26.3 Å². The largest absolute Gasteiger partial charge is 0.372 e. The molecule has 2 rings (SSSR count). The van der Waals surface area contributed by atoms with E-state index in [2.05, 4.69) is 10.6 Å². The van der Waals surface area contributed by atoms with Gasteiger partial charge >= 0.3 is 0 Å². The van der Waals surface area contributed by atoms with Crippen LogP contribution in [0.2, 0.25) is 0 Å². The zero-order valence-corrected chi connectivity index (χ0v) is 8.80. The van der Waals surface area contributed by atoms with E-state index in [4.69, 9.17) is 4.74 Å². The molecule has 1 spiro atoms. The summed E-state index contributed by atoms with van der Waals surface area (Å²) in [6.07, 6.45) is 0.936. The van der Waals surface area contributed by atoms with Crippen LogP contribution < -0.4 is 10.6 Å². The topological polar surface area (TPSA) is 50.4 Å². The van der Waals surface area contributed by atoms with Gasteiger partial charge in [0.05, 0.1) is 5.54 Å². The standard InChI is InChI=1S/C7H12N2O2.2ClH/c10-6-3-11-2-1-7(9-6)4-8-5-7;;/h8H,1-5H2,(H,9,10);2*1H. The summed E-state index contributed by atoms with van der Waals surface area (Å²) in [5.41, 5.74) is 0.0214. The van der Waals surface area contributed by atoms with Crippen molar-refractivity contribution in [3.63, 3.8) is 0 Å². The highest BCUT2D eigenvalue weighted by Crippen LogP contribution is 2.17. The molecule has 0 aromatic rings. The Labute approximate surface area is 89.6 Å². The second-order valence-electron chi connectivity index (χ2n) is 3.23. The van der Waals surface area contributed by atoms with Crippen molar-refractivity contribution >= 4 is 30.7 Å². The highest BCUT2D eigenvalue weighted by atomic mass is 35.5. The molecule has 78 valence electrons. The predicted octanol–water partition coefficient (Wildman–Crippen LogP) is -0.292. The maximum absolute atomic E-state index is 11.0. The van der Waals surface area contributed by atoms with Gasteiger partial charge in [0.1, 0.15) is 6.61 Å². The van der Waals surface area contributed by atoms with Crippen molar-refractivity contribution in [1.82, 2.24) is 10.6 Å². The molecule has 0 aliphatic carbocycles. The van der Waals surface area contributed by atoms with Crippen molar-refractivity contribution in [3.05, 3.63) is 0 Å². The second kappa shape index (κ2) is 5.00. The Balaban J connectivity index is 0.000000720. The first-order valence-corrected chi connectivity index (χ1v) is 3.90. The van der Waals surface area contributed by atoms with Gasteiger partial charge in [0, 0.05) is 19.7 Å². The van der Waals surface area contributed by atoms with Crippen LogP contribution in [0.1, 0.15) is 6.42 Å². The van der Waals surface area contributed by atoms with Gasteiger partial charge in [0.25, 0.3) is 0 Å². The Kier molecular flexibility index (Phi) is 4.99. The van der Waals surface area contributed by atoms with Gasteiger partial charge in [-0.15, -0.1) is 24.8 Å². The van der Waals surface area contributed by atoms with E-state index in [1.165, 1.54) is 0 Å². The van der Waals surface area contributed by atoms with Crippen molar-refractivity contribution in [2.24, 2.45) is 0 Å². The highest BCUT2D eigenvalue weighted by Gasteiger charge is 2.39. The first kappa shape index (κ1) is 13.0. The first-order valence-electron chi connectivity index (χ1n) is 3.90. The molecule has 0 bridgehead atoms. The minimum atomic E-state index is 0. The Hall–Kier alpha value is -0.0300. The molecule has 2 heterocycles. The minimum Gasteiger partial charge on any atom is -0.372 e. The number of carbonyl (C=O) groups is 1. The SMILES string of the molecule is Cl.Cl.O=C1COCCC2(CNC2)N1. The number of halogens is 2. The lowest BCUT2D eigenvalue weighted by molar-refractivity contribution is -0.125. The normalized spacial score (nSPS) is 24.5. The van der Waals surface area contributed by atoms with Crippen LogP contribution in [0.5, 0.6) is 0 Å². The van der Waals surface area contributed by atoms with Crippen LogP contribution in [-0.4, -0.2) is 37.7 Å². The molecule has 0 unspecified atom stereocenters. The van der Waals surface area contributed by atoms with Gasteiger partial charge in [-0.05, 0) is 6.42 Å². The van der Waals surface area contributed by atoms with Crippen LogP contribution in [0, 0.1) is 0 Å². The average Bonchev–Trinajstić information content (AvgIpc) is 2.09. The van der Waals surface area contributed by atoms with Crippen molar-refractivity contribution < 1.29 is 9.53 Å². The quantitative estimate of drug-likeness (QED) is 0.600. The molecule has 0 saturated carbocycles. The second-order valence-corrected chi connectivity index (χ2v) is 3.23. The van der Waals surface area contributed by atoms with E-state index in [-0.39, 0.29) is 42.9 Å². The van der Waals surface area contributed by atoms with Gasteiger partial charge in [0.2, 0.25) is 5.91 Å². The third-order valence-corrected chi connectivity index (χ3v) is 2.29. The fourth-order valence-corrected chi connectivity index (χ4v) is 1.52. The molecule has 2 fully saturated rings. The van der Waals surface area contributed by atoms with Crippen LogP contribution >= 0.6 is 24.8 Å². The van der Waals surface area contributed by atoms with Gasteiger partial charge in [-0.2, -0.15) is 0 Å². The van der Waals surface area contributed by atoms with E-state index in [0.29, 0.717) is 6.61 Å². The molecule has 0 atom stereocenters. The zero-order chi connectivity index (χ0) is 7.73. The Bertz CT molecular complexity index is 185. The van der Waals surface area contributed by atoms with E-state index in [1.54, 1.807) is 0 Å². The van der Waals surface area contributed by atoms with Crippen LogP contribution in [0.25, 0.3) is 0 Å². The third-order valence-electron chi connectivity index (χ3n) is 2.29. The van der Waals surface area contributed by atoms with Crippen LogP contribution in [-0.2, 0) is 9.53 Å². The molecule has 0 aromatic carbocycles. The molecule has 0 aromatic heterocycles. The van der Waals surface area contributed by atoms with Crippen LogP contribution in [0.15, 0.2) is 0 Å². The molecule has 2 aliphatic rings. The monoisotopic (exact) mass is 228 g/mol. The van der Waals surface area contributed by atoms with Gasteiger partial charge in [0.15, 0.2) is 0 Å². The minimum absolute atomic E-state index is 0. The summed E-state index contributed by atoms with van der Waals surface area (Å²) in [4.78, 5) is 11.0. The molecule has 4 nitrogen and oxygen atoms in total. The summed E-state index contributed by atoms with van der Waals surface area (Å²) in [7, 11) is 0. The molecule has 0 radical (unpaired) electrons. The summed E-state index contributed by atoms with van der Waals surface area (Å²) in [5, 5.41) is 6.12. The lowest BCUT2D eigenvalue weighted by atomic mass is 9.89. The Morgan fingerprint density at radius 2 is 2.00 bits per heavy atom. The molecule has 6 heteroatoms. The fourth-order valence-electron chi connectivity index (χ4n) is 1.52. The Morgan fingerprint density at radius 1 is 1.31 bits per heavy atom. The number of nitrogens with one attached hydrogen (secondary N) is 2. The van der Waals surface area contributed by atoms with Gasteiger partial charge in [-0.1, -0.05) is 0 Å². The van der Waals surface area contributed by atoms with E-state index >= 15 is 0 Å². The van der Waals surface area contributed by atoms with E-state index in [0.717, 1.165) is 19.5 Å². The first-order chi connectivity index (χ1) is 5.31. The van der Waals surface area contributed by atoms with Gasteiger partial charge in [-0.25, -0.2) is 0 Å². The maximum atomic E-state index is 11.0. The molecular formula is C7H14Cl2N2O2. The van der Waals surface area contributed by atoms with Crippen molar-refractivity contribution in [2.45, 2.75) is 12.0 Å². The summed E-state index contributed by atoms with van der Waals surface area (Å²) < 4.78 is 5.10. The lowest BCUT2D eigenvalue weighted by Crippen LogP contribution is -2.68. The zero-order valence-electron chi connectivity index (χ0n) is 7.17. The molecule has 2 aliphatic heterocycles. The molecule has 13 heavy (non-hydrogen) atoms. The summed E-state index contributed by atoms with van der Waals surface area (Å²) in [6.45, 7) is 2.70. The van der Waals surface area contributed by atoms with Crippen LogP contribution in [0.3, 0.4) is 0 Å². The molecule has 1 amide bonds.